The highest BCUT2D eigenvalue weighted by molar-refractivity contribution is 7.89. The van der Waals surface area contributed by atoms with E-state index in [9.17, 15) is 13.2 Å². The molecule has 1 aliphatic rings. The summed E-state index contributed by atoms with van der Waals surface area (Å²) in [5.41, 5.74) is 1.24. The zero-order valence-corrected chi connectivity index (χ0v) is 22.5. The average molecular weight is 534 g/mol. The Kier molecular flexibility index (Phi) is 8.26. The van der Waals surface area contributed by atoms with E-state index >= 15 is 0 Å². The van der Waals surface area contributed by atoms with E-state index in [1.54, 1.807) is 7.11 Å². The normalized spacial score (nSPS) is 19.6. The van der Waals surface area contributed by atoms with E-state index in [0.29, 0.717) is 43.2 Å². The number of morpholine rings is 1. The van der Waals surface area contributed by atoms with Gasteiger partial charge in [0.25, 0.3) is 5.91 Å². The largest absolute Gasteiger partial charge is 0.494 e. The molecule has 2 aromatic carbocycles. The predicted molar refractivity (Wildman–Crippen MR) is 138 cm³/mol. The van der Waals surface area contributed by atoms with Gasteiger partial charge in [-0.15, -0.1) is 0 Å². The number of aromatic nitrogens is 1. The average Bonchev–Trinajstić information content (AvgIpc) is 3.18. The van der Waals surface area contributed by atoms with Gasteiger partial charge in [-0.1, -0.05) is 11.3 Å². The fourth-order valence-corrected chi connectivity index (χ4v) is 6.86. The highest BCUT2D eigenvalue weighted by Gasteiger charge is 2.32. The SMILES string of the molecule is CCOc1ccc2c(c1)sc(=NC(=O)c1ccc(S(=O)(=O)N3C[C@H](C)O[C@@H](C)C3)cc1)n2CCOC. The van der Waals surface area contributed by atoms with E-state index in [0.717, 1.165) is 16.0 Å². The molecule has 2 atom stereocenters. The molecule has 9 nitrogen and oxygen atoms in total. The van der Waals surface area contributed by atoms with Gasteiger partial charge in [0.15, 0.2) is 4.80 Å². The third kappa shape index (κ3) is 5.70. The molecular formula is C25H31N3O6S2. The van der Waals surface area contributed by atoms with Crippen LogP contribution in [0.2, 0.25) is 0 Å². The van der Waals surface area contributed by atoms with Gasteiger partial charge in [-0.3, -0.25) is 4.79 Å². The third-order valence-electron chi connectivity index (χ3n) is 5.81. The summed E-state index contributed by atoms with van der Waals surface area (Å²) in [7, 11) is -2.07. The van der Waals surface area contributed by atoms with Crippen molar-refractivity contribution in [2.45, 2.75) is 44.4 Å². The van der Waals surface area contributed by atoms with Crippen molar-refractivity contribution >= 4 is 37.5 Å². The van der Waals surface area contributed by atoms with Gasteiger partial charge < -0.3 is 18.8 Å². The molecule has 0 spiro atoms. The number of fused-ring (bicyclic) bond motifs is 1. The Labute approximate surface area is 215 Å². The van der Waals surface area contributed by atoms with Crippen LogP contribution in [0.5, 0.6) is 5.75 Å². The Morgan fingerprint density at radius 1 is 1.14 bits per heavy atom. The fourth-order valence-electron chi connectivity index (χ4n) is 4.19. The summed E-state index contributed by atoms with van der Waals surface area (Å²) in [6.07, 6.45) is -0.363. The van der Waals surface area contributed by atoms with Crippen LogP contribution in [0.25, 0.3) is 10.2 Å². The third-order valence-corrected chi connectivity index (χ3v) is 8.69. The molecule has 11 heteroatoms. The summed E-state index contributed by atoms with van der Waals surface area (Å²) in [4.78, 5) is 18.1. The molecule has 4 rings (SSSR count). The number of nitrogens with zero attached hydrogens (tertiary/aromatic N) is 3. The van der Waals surface area contributed by atoms with Crippen LogP contribution in [-0.2, 0) is 26.0 Å². The first kappa shape index (κ1) is 26.5. The van der Waals surface area contributed by atoms with Gasteiger partial charge in [-0.25, -0.2) is 8.42 Å². The topological polar surface area (TPSA) is 99.4 Å². The maximum atomic E-state index is 13.1. The standard InChI is InChI=1S/C25H31N3O6S2/c1-5-33-20-8-11-22-23(14-20)35-25(28(22)12-13-32-4)26-24(29)19-6-9-21(10-7-19)36(30,31)27-15-17(2)34-18(3)16-27/h6-11,14,17-18H,5,12-13,15-16H2,1-4H3/t17-,18-/m0/s1. The molecule has 1 aromatic heterocycles. The van der Waals surface area contributed by atoms with Crippen LogP contribution in [0.4, 0.5) is 0 Å². The van der Waals surface area contributed by atoms with Crippen molar-refractivity contribution in [2.75, 3.05) is 33.4 Å². The Balaban J connectivity index is 1.63. The van der Waals surface area contributed by atoms with Crippen molar-refractivity contribution in [3.05, 3.63) is 52.8 Å². The molecule has 3 aromatic rings. The van der Waals surface area contributed by atoms with Crippen molar-refractivity contribution in [2.24, 2.45) is 4.99 Å². The summed E-state index contributed by atoms with van der Waals surface area (Å²) < 4.78 is 47.0. The minimum absolute atomic E-state index is 0.140. The number of ether oxygens (including phenoxy) is 3. The molecule has 36 heavy (non-hydrogen) atoms. The number of rotatable bonds is 8. The molecular weight excluding hydrogens is 502 g/mol. The van der Waals surface area contributed by atoms with E-state index < -0.39 is 15.9 Å². The molecule has 1 fully saturated rings. The molecule has 0 unspecified atom stereocenters. The first-order valence-corrected chi connectivity index (χ1v) is 14.1. The van der Waals surface area contributed by atoms with Crippen LogP contribution in [0.1, 0.15) is 31.1 Å². The molecule has 2 heterocycles. The van der Waals surface area contributed by atoms with Crippen LogP contribution >= 0.6 is 11.3 Å². The molecule has 194 valence electrons. The molecule has 1 amide bonds. The molecule has 0 bridgehead atoms. The summed E-state index contributed by atoms with van der Waals surface area (Å²) in [5.74, 6) is 0.305. The van der Waals surface area contributed by atoms with Gasteiger partial charge in [0, 0.05) is 32.3 Å². The quantitative estimate of drug-likeness (QED) is 0.441. The summed E-state index contributed by atoms with van der Waals surface area (Å²) in [6, 6.07) is 11.7. The number of methoxy groups -OCH3 is 1. The minimum atomic E-state index is -3.69. The predicted octanol–water partition coefficient (Wildman–Crippen LogP) is 3.29. The van der Waals surface area contributed by atoms with Crippen LogP contribution in [0.15, 0.2) is 52.4 Å². The zero-order valence-electron chi connectivity index (χ0n) is 20.8. The lowest BCUT2D eigenvalue weighted by Crippen LogP contribution is -2.48. The number of hydrogen-bond acceptors (Lipinski definition) is 7. The highest BCUT2D eigenvalue weighted by Crippen LogP contribution is 2.24. The van der Waals surface area contributed by atoms with Crippen molar-refractivity contribution in [1.82, 2.24) is 8.87 Å². The molecule has 1 saturated heterocycles. The van der Waals surface area contributed by atoms with Crippen molar-refractivity contribution in [3.8, 4) is 5.75 Å². The summed E-state index contributed by atoms with van der Waals surface area (Å²) in [6.45, 7) is 7.77. The lowest BCUT2D eigenvalue weighted by molar-refractivity contribution is -0.0440. The van der Waals surface area contributed by atoms with Gasteiger partial charge in [0.1, 0.15) is 5.75 Å². The van der Waals surface area contributed by atoms with Crippen LogP contribution < -0.4 is 9.54 Å². The molecule has 0 aliphatic carbocycles. The van der Waals surface area contributed by atoms with Gasteiger partial charge in [0.05, 0.1) is 40.5 Å². The zero-order chi connectivity index (χ0) is 25.9. The summed E-state index contributed by atoms with van der Waals surface area (Å²) in [5, 5.41) is 0. The van der Waals surface area contributed by atoms with Gasteiger partial charge in [0.2, 0.25) is 10.0 Å². The smallest absolute Gasteiger partial charge is 0.279 e. The number of benzene rings is 2. The lowest BCUT2D eigenvalue weighted by Gasteiger charge is -2.34. The number of carbonyl (C=O) groups is 1. The van der Waals surface area contributed by atoms with E-state index in [2.05, 4.69) is 4.99 Å². The molecule has 1 aliphatic heterocycles. The van der Waals surface area contributed by atoms with Crippen molar-refractivity contribution in [1.29, 1.82) is 0 Å². The second kappa shape index (κ2) is 11.2. The number of hydrogen-bond donors (Lipinski definition) is 0. The van der Waals surface area contributed by atoms with E-state index in [1.807, 2.05) is 43.5 Å². The van der Waals surface area contributed by atoms with Crippen molar-refractivity contribution < 1.29 is 27.4 Å². The minimum Gasteiger partial charge on any atom is -0.494 e. The number of amides is 1. The number of carbonyl (C=O) groups excluding carboxylic acids is 1. The lowest BCUT2D eigenvalue weighted by atomic mass is 10.2. The molecule has 0 radical (unpaired) electrons. The fraction of sp³-hybridized carbons (Fsp3) is 0.440. The van der Waals surface area contributed by atoms with Crippen LogP contribution in [-0.4, -0.2) is 68.8 Å². The molecule has 0 saturated carbocycles. The Morgan fingerprint density at radius 3 is 2.47 bits per heavy atom. The molecule has 0 N–H and O–H groups in total. The van der Waals surface area contributed by atoms with E-state index in [-0.39, 0.29) is 17.1 Å². The van der Waals surface area contributed by atoms with Gasteiger partial charge in [-0.2, -0.15) is 9.30 Å². The van der Waals surface area contributed by atoms with Gasteiger partial charge in [-0.05, 0) is 63.2 Å². The summed E-state index contributed by atoms with van der Waals surface area (Å²) >= 11 is 1.39. The maximum absolute atomic E-state index is 13.1. The first-order valence-electron chi connectivity index (χ1n) is 11.8. The van der Waals surface area contributed by atoms with Crippen LogP contribution in [0.3, 0.4) is 0 Å². The highest BCUT2D eigenvalue weighted by atomic mass is 32.2. The van der Waals surface area contributed by atoms with E-state index in [4.69, 9.17) is 14.2 Å². The Bertz CT molecular complexity index is 1390. The van der Waals surface area contributed by atoms with Gasteiger partial charge >= 0.3 is 0 Å². The monoisotopic (exact) mass is 533 g/mol. The number of sulfonamides is 1. The Hall–Kier alpha value is -2.57. The second-order valence-corrected chi connectivity index (χ2v) is 11.6. The Morgan fingerprint density at radius 2 is 1.83 bits per heavy atom. The number of thiazole rings is 1. The van der Waals surface area contributed by atoms with Crippen LogP contribution in [0, 0.1) is 0 Å². The second-order valence-electron chi connectivity index (χ2n) is 8.61. The maximum Gasteiger partial charge on any atom is 0.279 e. The first-order chi connectivity index (χ1) is 17.2. The van der Waals surface area contributed by atoms with Crippen molar-refractivity contribution in [3.63, 3.8) is 0 Å². The van der Waals surface area contributed by atoms with E-state index in [1.165, 1.54) is 39.9 Å².